The van der Waals surface area contributed by atoms with Gasteiger partial charge in [-0.05, 0) is 46.3 Å². The first-order chi connectivity index (χ1) is 7.11. The van der Waals surface area contributed by atoms with E-state index in [1.54, 1.807) is 12.3 Å². The van der Waals surface area contributed by atoms with Crippen LogP contribution in [0.4, 0.5) is 0 Å². The van der Waals surface area contributed by atoms with Gasteiger partial charge in [-0.3, -0.25) is 4.79 Å². The number of halogens is 1. The Labute approximate surface area is 97.4 Å². The number of rotatable bonds is 3. The third kappa shape index (κ3) is 2.56. The summed E-state index contributed by atoms with van der Waals surface area (Å²) in [5.41, 5.74) is 0.790. The van der Waals surface area contributed by atoms with E-state index in [-0.39, 0.29) is 5.91 Å². The molecule has 1 aliphatic rings. The fraction of sp³-hybridized carbons (Fsp3) is 0.455. The molecule has 2 rings (SSSR count). The molecule has 1 N–H and O–H groups in total. The molecule has 80 valence electrons. The Morgan fingerprint density at radius 2 is 2.40 bits per heavy atom. The van der Waals surface area contributed by atoms with Crippen LogP contribution in [0.3, 0.4) is 0 Å². The second-order valence-corrected chi connectivity index (χ2v) is 5.18. The Hall–Kier alpha value is -0.900. The summed E-state index contributed by atoms with van der Waals surface area (Å²) in [6.07, 6.45) is 4.03. The highest BCUT2D eigenvalue weighted by Gasteiger charge is 2.37. The second-order valence-electron chi connectivity index (χ2n) is 4.33. The number of nitrogens with one attached hydrogen (secondary N) is 1. The molecule has 0 unspecified atom stereocenters. The van der Waals surface area contributed by atoms with Crippen LogP contribution in [0.2, 0.25) is 0 Å². The first kappa shape index (κ1) is 10.6. The van der Waals surface area contributed by atoms with Crippen LogP contribution in [-0.4, -0.2) is 17.4 Å². The minimum Gasteiger partial charge on any atom is -0.350 e. The maximum absolute atomic E-state index is 11.7. The Kier molecular flexibility index (Phi) is 2.78. The molecule has 0 atom stereocenters. The van der Waals surface area contributed by atoms with E-state index in [9.17, 15) is 4.79 Å². The van der Waals surface area contributed by atoms with Crippen LogP contribution in [-0.2, 0) is 0 Å². The SMILES string of the molecule is CC1(CNC(=O)c2ncccc2Br)CC1. The van der Waals surface area contributed by atoms with Crippen molar-refractivity contribution in [2.75, 3.05) is 6.54 Å². The zero-order chi connectivity index (χ0) is 10.9. The van der Waals surface area contributed by atoms with Crippen molar-refractivity contribution < 1.29 is 4.79 Å². The van der Waals surface area contributed by atoms with Crippen LogP contribution in [0.15, 0.2) is 22.8 Å². The predicted molar refractivity (Wildman–Crippen MR) is 61.6 cm³/mol. The minimum absolute atomic E-state index is 0.101. The van der Waals surface area contributed by atoms with Crippen LogP contribution in [0.5, 0.6) is 0 Å². The second kappa shape index (κ2) is 3.93. The highest BCUT2D eigenvalue weighted by atomic mass is 79.9. The smallest absolute Gasteiger partial charge is 0.271 e. The van der Waals surface area contributed by atoms with Gasteiger partial charge in [0.15, 0.2) is 0 Å². The monoisotopic (exact) mass is 268 g/mol. The lowest BCUT2D eigenvalue weighted by Gasteiger charge is -2.10. The average Bonchev–Trinajstić information content (AvgIpc) is 2.95. The van der Waals surface area contributed by atoms with Crippen molar-refractivity contribution in [1.29, 1.82) is 0 Å². The number of hydrogen-bond acceptors (Lipinski definition) is 2. The largest absolute Gasteiger partial charge is 0.350 e. The van der Waals surface area contributed by atoms with Gasteiger partial charge in [0.2, 0.25) is 0 Å². The van der Waals surface area contributed by atoms with Gasteiger partial charge in [-0.1, -0.05) is 6.92 Å². The molecule has 0 saturated heterocycles. The van der Waals surface area contributed by atoms with E-state index in [4.69, 9.17) is 0 Å². The lowest BCUT2D eigenvalue weighted by molar-refractivity contribution is 0.0940. The van der Waals surface area contributed by atoms with Crippen molar-refractivity contribution in [3.05, 3.63) is 28.5 Å². The number of nitrogens with zero attached hydrogens (tertiary/aromatic N) is 1. The van der Waals surface area contributed by atoms with Crippen molar-refractivity contribution in [2.45, 2.75) is 19.8 Å². The van der Waals surface area contributed by atoms with Gasteiger partial charge in [-0.15, -0.1) is 0 Å². The maximum Gasteiger partial charge on any atom is 0.271 e. The lowest BCUT2D eigenvalue weighted by atomic mass is 10.1. The fourth-order valence-electron chi connectivity index (χ4n) is 1.32. The Balaban J connectivity index is 1.99. The van der Waals surface area contributed by atoms with Crippen LogP contribution in [0, 0.1) is 5.41 Å². The number of pyridine rings is 1. The molecule has 0 spiro atoms. The summed E-state index contributed by atoms with van der Waals surface area (Å²) in [6, 6.07) is 3.61. The first-order valence-electron chi connectivity index (χ1n) is 4.99. The van der Waals surface area contributed by atoms with E-state index in [0.29, 0.717) is 11.1 Å². The lowest BCUT2D eigenvalue weighted by Crippen LogP contribution is -2.29. The molecule has 1 aromatic heterocycles. The van der Waals surface area contributed by atoms with Gasteiger partial charge in [0.05, 0.1) is 0 Å². The first-order valence-corrected chi connectivity index (χ1v) is 5.79. The summed E-state index contributed by atoms with van der Waals surface area (Å²) in [7, 11) is 0. The summed E-state index contributed by atoms with van der Waals surface area (Å²) in [4.78, 5) is 15.8. The molecular formula is C11H13BrN2O. The molecule has 0 radical (unpaired) electrons. The van der Waals surface area contributed by atoms with Crippen molar-refractivity contribution in [3.63, 3.8) is 0 Å². The van der Waals surface area contributed by atoms with Crippen LogP contribution in [0.25, 0.3) is 0 Å². The van der Waals surface area contributed by atoms with Crippen LogP contribution < -0.4 is 5.32 Å². The van der Waals surface area contributed by atoms with E-state index < -0.39 is 0 Å². The van der Waals surface area contributed by atoms with Gasteiger partial charge >= 0.3 is 0 Å². The highest BCUT2D eigenvalue weighted by Crippen LogP contribution is 2.44. The van der Waals surface area contributed by atoms with E-state index in [0.717, 1.165) is 11.0 Å². The topological polar surface area (TPSA) is 42.0 Å². The number of amides is 1. The summed E-state index contributed by atoms with van der Waals surface area (Å²) < 4.78 is 0.739. The van der Waals surface area contributed by atoms with Gasteiger partial charge in [0.25, 0.3) is 5.91 Å². The molecule has 1 aromatic rings. The Morgan fingerprint density at radius 1 is 1.67 bits per heavy atom. The predicted octanol–water partition coefficient (Wildman–Crippen LogP) is 2.37. The number of aromatic nitrogens is 1. The molecule has 0 aromatic carbocycles. The molecule has 0 aliphatic heterocycles. The zero-order valence-corrected chi connectivity index (χ0v) is 10.2. The number of hydrogen-bond donors (Lipinski definition) is 1. The number of carbonyl (C=O) groups is 1. The molecule has 15 heavy (non-hydrogen) atoms. The molecule has 1 saturated carbocycles. The normalized spacial score (nSPS) is 17.2. The van der Waals surface area contributed by atoms with Gasteiger partial charge in [-0.2, -0.15) is 0 Å². The third-order valence-electron chi connectivity index (χ3n) is 2.75. The summed E-state index contributed by atoms with van der Waals surface area (Å²) in [6.45, 7) is 2.93. The standard InChI is InChI=1S/C11H13BrN2O/c1-11(4-5-11)7-14-10(15)9-8(12)3-2-6-13-9/h2-3,6H,4-5,7H2,1H3,(H,14,15). The third-order valence-corrected chi connectivity index (χ3v) is 3.39. The average molecular weight is 269 g/mol. The molecule has 1 heterocycles. The van der Waals surface area contributed by atoms with E-state index in [1.165, 1.54) is 12.8 Å². The summed E-state index contributed by atoms with van der Waals surface area (Å²) in [5, 5.41) is 2.91. The zero-order valence-electron chi connectivity index (χ0n) is 8.59. The molecule has 4 heteroatoms. The molecule has 1 fully saturated rings. The van der Waals surface area contributed by atoms with Gasteiger partial charge < -0.3 is 5.32 Å². The van der Waals surface area contributed by atoms with E-state index in [1.807, 2.05) is 6.07 Å². The van der Waals surface area contributed by atoms with Crippen molar-refractivity contribution in [1.82, 2.24) is 10.3 Å². The maximum atomic E-state index is 11.7. The Morgan fingerprint density at radius 3 is 3.00 bits per heavy atom. The van der Waals surface area contributed by atoms with Crippen molar-refractivity contribution in [3.8, 4) is 0 Å². The molecule has 1 amide bonds. The molecule has 0 bridgehead atoms. The van der Waals surface area contributed by atoms with Gasteiger partial charge in [-0.25, -0.2) is 4.98 Å². The quantitative estimate of drug-likeness (QED) is 0.915. The molecular weight excluding hydrogens is 256 g/mol. The fourth-order valence-corrected chi connectivity index (χ4v) is 1.76. The van der Waals surface area contributed by atoms with Crippen LogP contribution in [0.1, 0.15) is 30.3 Å². The van der Waals surface area contributed by atoms with Crippen molar-refractivity contribution in [2.24, 2.45) is 5.41 Å². The van der Waals surface area contributed by atoms with Crippen molar-refractivity contribution >= 4 is 21.8 Å². The van der Waals surface area contributed by atoms with Crippen LogP contribution >= 0.6 is 15.9 Å². The Bertz CT molecular complexity index is 388. The minimum atomic E-state index is -0.101. The summed E-state index contributed by atoms with van der Waals surface area (Å²) >= 11 is 3.31. The summed E-state index contributed by atoms with van der Waals surface area (Å²) in [5.74, 6) is -0.101. The van der Waals surface area contributed by atoms with Gasteiger partial charge in [0.1, 0.15) is 5.69 Å². The molecule has 3 nitrogen and oxygen atoms in total. The number of carbonyl (C=O) groups excluding carboxylic acids is 1. The highest BCUT2D eigenvalue weighted by molar-refractivity contribution is 9.10. The molecule has 1 aliphatic carbocycles. The van der Waals surface area contributed by atoms with Gasteiger partial charge in [0, 0.05) is 17.2 Å². The van der Waals surface area contributed by atoms with E-state index in [2.05, 4.69) is 33.2 Å². The van der Waals surface area contributed by atoms with E-state index >= 15 is 0 Å².